The van der Waals surface area contributed by atoms with Crippen molar-refractivity contribution < 1.29 is 4.79 Å². The monoisotopic (exact) mass is 226 g/mol. The van der Waals surface area contributed by atoms with Gasteiger partial charge in [0.25, 0.3) is 0 Å². The van der Waals surface area contributed by atoms with Crippen molar-refractivity contribution in [2.24, 2.45) is 0 Å². The van der Waals surface area contributed by atoms with Gasteiger partial charge in [-0.3, -0.25) is 4.79 Å². The molecule has 1 aromatic rings. The summed E-state index contributed by atoms with van der Waals surface area (Å²) in [6.07, 6.45) is 1.07. The summed E-state index contributed by atoms with van der Waals surface area (Å²) in [6, 6.07) is 3.78. The summed E-state index contributed by atoms with van der Waals surface area (Å²) in [7, 11) is 4.10. The maximum absolute atomic E-state index is 11.5. The van der Waals surface area contributed by atoms with E-state index < -0.39 is 0 Å². The van der Waals surface area contributed by atoms with Crippen LogP contribution in [-0.2, 0) is 0 Å². The number of rotatable bonds is 7. The summed E-state index contributed by atoms with van der Waals surface area (Å²) in [5, 5.41) is 5.09. The molecule has 0 aliphatic heterocycles. The van der Waals surface area contributed by atoms with Gasteiger partial charge < -0.3 is 10.2 Å². The zero-order valence-corrected chi connectivity index (χ0v) is 10.1. The third-order valence-corrected chi connectivity index (χ3v) is 2.95. The Morgan fingerprint density at radius 3 is 2.93 bits per heavy atom. The topological polar surface area (TPSA) is 32.3 Å². The molecule has 1 N–H and O–H groups in total. The fraction of sp³-hybridized carbons (Fsp3) is 0.545. The maximum Gasteiger partial charge on any atom is 0.186 e. The van der Waals surface area contributed by atoms with Crippen molar-refractivity contribution in [3.05, 3.63) is 22.4 Å². The fourth-order valence-electron chi connectivity index (χ4n) is 1.25. The van der Waals surface area contributed by atoms with Crippen LogP contribution in [-0.4, -0.2) is 44.4 Å². The average molecular weight is 226 g/mol. The summed E-state index contributed by atoms with van der Waals surface area (Å²) in [5.41, 5.74) is 0. The summed E-state index contributed by atoms with van der Waals surface area (Å²) in [5.74, 6) is 0.190. The molecule has 0 amide bonds. The lowest BCUT2D eigenvalue weighted by molar-refractivity contribution is 0.0995. The lowest BCUT2D eigenvalue weighted by Gasteiger charge is -2.09. The quantitative estimate of drug-likeness (QED) is 0.564. The predicted molar refractivity (Wildman–Crippen MR) is 64.7 cm³/mol. The second-order valence-electron chi connectivity index (χ2n) is 3.73. The molecule has 0 spiro atoms. The van der Waals surface area contributed by atoms with Gasteiger partial charge in [0.1, 0.15) is 0 Å². The molecule has 84 valence electrons. The zero-order valence-electron chi connectivity index (χ0n) is 9.32. The third kappa shape index (κ3) is 5.06. The number of nitrogens with one attached hydrogen (secondary N) is 1. The molecular formula is C11H18N2OS. The molecule has 0 unspecified atom stereocenters. The highest BCUT2D eigenvalue weighted by Gasteiger charge is 2.04. The minimum atomic E-state index is 0.190. The number of hydrogen-bond acceptors (Lipinski definition) is 4. The van der Waals surface area contributed by atoms with Crippen LogP contribution < -0.4 is 5.32 Å². The van der Waals surface area contributed by atoms with Crippen LogP contribution >= 0.6 is 11.3 Å². The van der Waals surface area contributed by atoms with E-state index in [4.69, 9.17) is 0 Å². The van der Waals surface area contributed by atoms with Crippen molar-refractivity contribution >= 4 is 17.1 Å². The van der Waals surface area contributed by atoms with Gasteiger partial charge in [-0.05, 0) is 45.1 Å². The van der Waals surface area contributed by atoms with Crippen molar-refractivity contribution in [1.82, 2.24) is 10.2 Å². The molecule has 15 heavy (non-hydrogen) atoms. The Morgan fingerprint density at radius 2 is 2.33 bits per heavy atom. The Morgan fingerprint density at radius 1 is 1.53 bits per heavy atom. The molecule has 0 bridgehead atoms. The molecule has 0 radical (unpaired) electrons. The third-order valence-electron chi connectivity index (χ3n) is 2.04. The Bertz CT molecular complexity index is 283. The first-order chi connectivity index (χ1) is 7.20. The van der Waals surface area contributed by atoms with Crippen LogP contribution in [0.3, 0.4) is 0 Å². The first kappa shape index (κ1) is 12.4. The first-order valence-electron chi connectivity index (χ1n) is 5.12. The Kier molecular flexibility index (Phi) is 5.53. The smallest absolute Gasteiger partial charge is 0.186 e. The van der Waals surface area contributed by atoms with E-state index in [-0.39, 0.29) is 5.78 Å². The minimum Gasteiger partial charge on any atom is -0.310 e. The summed E-state index contributed by atoms with van der Waals surface area (Å²) >= 11 is 1.50. The van der Waals surface area contributed by atoms with E-state index in [0.29, 0.717) is 6.54 Å². The maximum atomic E-state index is 11.5. The molecule has 1 rings (SSSR count). The highest BCUT2D eigenvalue weighted by atomic mass is 32.1. The number of nitrogens with zero attached hydrogens (tertiary/aromatic N) is 1. The Hall–Kier alpha value is -0.710. The van der Waals surface area contributed by atoms with E-state index in [1.165, 1.54) is 11.3 Å². The zero-order chi connectivity index (χ0) is 11.1. The van der Waals surface area contributed by atoms with Crippen LogP contribution in [0.25, 0.3) is 0 Å². The number of carbonyl (C=O) groups excluding carboxylic acids is 1. The second-order valence-corrected chi connectivity index (χ2v) is 4.68. The highest BCUT2D eigenvalue weighted by Crippen LogP contribution is 2.08. The van der Waals surface area contributed by atoms with Crippen molar-refractivity contribution in [1.29, 1.82) is 0 Å². The van der Waals surface area contributed by atoms with Crippen LogP contribution in [0.1, 0.15) is 16.1 Å². The molecule has 0 aliphatic carbocycles. The van der Waals surface area contributed by atoms with Gasteiger partial charge in [-0.2, -0.15) is 0 Å². The number of thiophene rings is 1. The largest absolute Gasteiger partial charge is 0.310 e. The number of ketones is 1. The van der Waals surface area contributed by atoms with Gasteiger partial charge in [-0.25, -0.2) is 0 Å². The van der Waals surface area contributed by atoms with Gasteiger partial charge in [0.15, 0.2) is 5.78 Å². The van der Waals surface area contributed by atoms with E-state index in [2.05, 4.69) is 24.3 Å². The lowest BCUT2D eigenvalue weighted by Crippen LogP contribution is -2.26. The molecule has 4 heteroatoms. The summed E-state index contributed by atoms with van der Waals surface area (Å²) < 4.78 is 0. The van der Waals surface area contributed by atoms with Crippen LogP contribution in [0.2, 0.25) is 0 Å². The van der Waals surface area contributed by atoms with Crippen LogP contribution in [0.4, 0.5) is 0 Å². The SMILES string of the molecule is CN(C)CCCNCC(=O)c1cccs1. The van der Waals surface area contributed by atoms with Crippen LogP contribution in [0, 0.1) is 0 Å². The molecular weight excluding hydrogens is 208 g/mol. The molecule has 0 aromatic carbocycles. The molecule has 0 saturated heterocycles. The van der Waals surface area contributed by atoms with Crippen molar-refractivity contribution in [3.8, 4) is 0 Å². The lowest BCUT2D eigenvalue weighted by atomic mass is 10.3. The Labute approximate surface area is 95.1 Å². The van der Waals surface area contributed by atoms with Gasteiger partial charge in [0.2, 0.25) is 0 Å². The van der Waals surface area contributed by atoms with Crippen molar-refractivity contribution in [3.63, 3.8) is 0 Å². The van der Waals surface area contributed by atoms with Gasteiger partial charge in [-0.15, -0.1) is 11.3 Å². The van der Waals surface area contributed by atoms with Crippen LogP contribution in [0.5, 0.6) is 0 Å². The van der Waals surface area contributed by atoms with Crippen LogP contribution in [0.15, 0.2) is 17.5 Å². The van der Waals surface area contributed by atoms with Gasteiger partial charge >= 0.3 is 0 Å². The van der Waals surface area contributed by atoms with Gasteiger partial charge in [-0.1, -0.05) is 6.07 Å². The standard InChI is InChI=1S/C11H18N2OS/c1-13(2)7-4-6-12-9-10(14)11-5-3-8-15-11/h3,5,8,12H,4,6-7,9H2,1-2H3. The summed E-state index contributed by atoms with van der Waals surface area (Å²) in [6.45, 7) is 2.41. The van der Waals surface area contributed by atoms with Crippen molar-refractivity contribution in [2.45, 2.75) is 6.42 Å². The number of carbonyl (C=O) groups is 1. The highest BCUT2D eigenvalue weighted by molar-refractivity contribution is 7.12. The Balaban J connectivity index is 2.08. The van der Waals surface area contributed by atoms with E-state index in [0.717, 1.165) is 24.4 Å². The van der Waals surface area contributed by atoms with E-state index in [9.17, 15) is 4.79 Å². The molecule has 0 atom stereocenters. The van der Waals surface area contributed by atoms with Crippen molar-refractivity contribution in [2.75, 3.05) is 33.7 Å². The van der Waals surface area contributed by atoms with Gasteiger partial charge in [0.05, 0.1) is 11.4 Å². The van der Waals surface area contributed by atoms with E-state index >= 15 is 0 Å². The molecule has 0 aliphatic rings. The average Bonchev–Trinajstić information content (AvgIpc) is 2.69. The number of Topliss-reactive ketones (excluding diaryl/α,β-unsaturated/α-hetero) is 1. The van der Waals surface area contributed by atoms with E-state index in [1.807, 2.05) is 17.5 Å². The first-order valence-corrected chi connectivity index (χ1v) is 6.00. The molecule has 1 aromatic heterocycles. The molecule has 3 nitrogen and oxygen atoms in total. The van der Waals surface area contributed by atoms with Gasteiger partial charge in [0, 0.05) is 0 Å². The number of hydrogen-bond donors (Lipinski definition) is 1. The fourth-order valence-corrected chi connectivity index (χ4v) is 1.91. The normalized spacial score (nSPS) is 10.9. The second kappa shape index (κ2) is 6.71. The minimum absolute atomic E-state index is 0.190. The molecule has 1 heterocycles. The molecule has 0 fully saturated rings. The molecule has 0 saturated carbocycles. The predicted octanol–water partition coefficient (Wildman–Crippen LogP) is 1.47. The summed E-state index contributed by atoms with van der Waals surface area (Å²) in [4.78, 5) is 14.5. The van der Waals surface area contributed by atoms with E-state index in [1.54, 1.807) is 0 Å².